The van der Waals surface area contributed by atoms with E-state index in [-0.39, 0.29) is 12.3 Å². The fraction of sp³-hybridized carbons (Fsp3) is 0.130. The molecule has 0 aliphatic heterocycles. The van der Waals surface area contributed by atoms with Gasteiger partial charge in [0.25, 0.3) is 5.69 Å². The maximum absolute atomic E-state index is 10.8. The topological polar surface area (TPSA) is 98.9 Å². The van der Waals surface area contributed by atoms with Crippen LogP contribution in [-0.4, -0.2) is 22.7 Å². The molecule has 162 valence electrons. The molecule has 1 aromatic heterocycles. The van der Waals surface area contributed by atoms with E-state index >= 15 is 0 Å². The van der Waals surface area contributed by atoms with Crippen molar-refractivity contribution >= 4 is 38.6 Å². The lowest BCUT2D eigenvalue weighted by Crippen LogP contribution is -2.01. The van der Waals surface area contributed by atoms with Gasteiger partial charge in [-0.15, -0.1) is 0 Å². The van der Waals surface area contributed by atoms with Crippen molar-refractivity contribution in [3.05, 3.63) is 88.0 Å². The highest BCUT2D eigenvalue weighted by atomic mass is 32.1. The van der Waals surface area contributed by atoms with E-state index in [1.807, 2.05) is 49.4 Å². The number of anilines is 1. The predicted molar refractivity (Wildman–Crippen MR) is 126 cm³/mol. The highest BCUT2D eigenvalue weighted by molar-refractivity contribution is 7.22. The number of hydrazone groups is 1. The van der Waals surface area contributed by atoms with E-state index in [0.29, 0.717) is 18.1 Å². The van der Waals surface area contributed by atoms with Crippen LogP contribution in [0.2, 0.25) is 0 Å². The van der Waals surface area contributed by atoms with Crippen molar-refractivity contribution in [3.63, 3.8) is 0 Å². The van der Waals surface area contributed by atoms with Crippen molar-refractivity contribution in [2.75, 3.05) is 12.0 Å². The van der Waals surface area contributed by atoms with E-state index in [4.69, 9.17) is 9.47 Å². The summed E-state index contributed by atoms with van der Waals surface area (Å²) in [5, 5.41) is 15.8. The lowest BCUT2D eigenvalue weighted by Gasteiger charge is -2.12. The van der Waals surface area contributed by atoms with Gasteiger partial charge < -0.3 is 9.47 Å². The van der Waals surface area contributed by atoms with Crippen LogP contribution in [0, 0.1) is 10.1 Å². The molecule has 0 bridgehead atoms. The van der Waals surface area contributed by atoms with Crippen molar-refractivity contribution in [2.45, 2.75) is 13.5 Å². The van der Waals surface area contributed by atoms with E-state index in [9.17, 15) is 10.1 Å². The molecule has 0 amide bonds. The summed E-state index contributed by atoms with van der Waals surface area (Å²) in [5.41, 5.74) is 5.61. The Bertz CT molecular complexity index is 1220. The largest absolute Gasteiger partial charge is 0.490 e. The number of nitrogens with one attached hydrogen (secondary N) is 1. The highest BCUT2D eigenvalue weighted by Gasteiger charge is 2.08. The summed E-state index contributed by atoms with van der Waals surface area (Å²) < 4.78 is 12.7. The fourth-order valence-corrected chi connectivity index (χ4v) is 3.77. The van der Waals surface area contributed by atoms with Gasteiger partial charge in [-0.25, -0.2) is 4.98 Å². The zero-order valence-corrected chi connectivity index (χ0v) is 18.0. The Morgan fingerprint density at radius 2 is 1.91 bits per heavy atom. The lowest BCUT2D eigenvalue weighted by atomic mass is 10.2. The van der Waals surface area contributed by atoms with Crippen LogP contribution >= 0.6 is 11.3 Å². The van der Waals surface area contributed by atoms with E-state index in [1.165, 1.54) is 23.5 Å². The molecular formula is C23H20N4O4S. The van der Waals surface area contributed by atoms with Gasteiger partial charge in [0.15, 0.2) is 11.5 Å². The monoisotopic (exact) mass is 448 g/mol. The number of rotatable bonds is 9. The molecule has 0 fully saturated rings. The average molecular weight is 449 g/mol. The number of hydrogen-bond donors (Lipinski definition) is 1. The third-order valence-electron chi connectivity index (χ3n) is 4.48. The third kappa shape index (κ3) is 5.19. The smallest absolute Gasteiger partial charge is 0.269 e. The number of nitro benzene ring substituents is 1. The Hall–Kier alpha value is -3.98. The third-order valence-corrected chi connectivity index (χ3v) is 5.42. The number of nitrogens with zero attached hydrogens (tertiary/aromatic N) is 3. The van der Waals surface area contributed by atoms with E-state index < -0.39 is 4.92 Å². The highest BCUT2D eigenvalue weighted by Crippen LogP contribution is 2.29. The number of nitro groups is 1. The first kappa shape index (κ1) is 21.3. The second-order valence-electron chi connectivity index (χ2n) is 6.71. The number of non-ortho nitro benzene ring substituents is 1. The summed E-state index contributed by atoms with van der Waals surface area (Å²) in [7, 11) is 0. The van der Waals surface area contributed by atoms with E-state index in [0.717, 1.165) is 26.5 Å². The molecule has 3 aromatic carbocycles. The molecule has 0 spiro atoms. The van der Waals surface area contributed by atoms with Crippen molar-refractivity contribution in [1.29, 1.82) is 0 Å². The number of fused-ring (bicyclic) bond motifs is 1. The minimum absolute atomic E-state index is 0.0480. The molecule has 0 unspecified atom stereocenters. The van der Waals surface area contributed by atoms with Crippen molar-refractivity contribution in [1.82, 2.24) is 4.98 Å². The summed E-state index contributed by atoms with van der Waals surface area (Å²) in [4.78, 5) is 14.8. The van der Waals surface area contributed by atoms with Crippen LogP contribution in [-0.2, 0) is 6.61 Å². The minimum Gasteiger partial charge on any atom is -0.490 e. The first-order valence-corrected chi connectivity index (χ1v) is 10.7. The summed E-state index contributed by atoms with van der Waals surface area (Å²) in [6.07, 6.45) is 1.69. The van der Waals surface area contributed by atoms with Crippen molar-refractivity contribution < 1.29 is 14.4 Å². The summed E-state index contributed by atoms with van der Waals surface area (Å²) >= 11 is 1.54. The number of thiazole rings is 1. The van der Waals surface area contributed by atoms with Crippen LogP contribution in [0.25, 0.3) is 10.2 Å². The fourth-order valence-electron chi connectivity index (χ4n) is 2.95. The molecule has 0 aliphatic rings. The van der Waals surface area contributed by atoms with Crippen LogP contribution in [0.5, 0.6) is 11.5 Å². The summed E-state index contributed by atoms with van der Waals surface area (Å²) in [5.74, 6) is 1.18. The van der Waals surface area contributed by atoms with Crippen molar-refractivity contribution in [3.8, 4) is 11.5 Å². The predicted octanol–water partition coefficient (Wildman–Crippen LogP) is 5.63. The molecule has 4 rings (SSSR count). The maximum Gasteiger partial charge on any atom is 0.269 e. The Labute approximate surface area is 188 Å². The van der Waals surface area contributed by atoms with Gasteiger partial charge in [-0.2, -0.15) is 5.10 Å². The molecule has 0 atom stereocenters. The molecule has 0 aliphatic carbocycles. The average Bonchev–Trinajstić information content (AvgIpc) is 3.22. The Morgan fingerprint density at radius 3 is 2.66 bits per heavy atom. The van der Waals surface area contributed by atoms with Crippen LogP contribution in [0.4, 0.5) is 10.8 Å². The standard InChI is InChI=1S/C23H20N4O4S/c1-2-30-21-13-17(14-24-26-23-25-19-5-3-4-6-22(19)32-23)9-12-20(21)31-15-16-7-10-18(11-8-16)27(28)29/h3-14H,2,15H2,1H3,(H,25,26)/b24-14-. The molecule has 1 heterocycles. The number of ether oxygens (including phenoxy) is 2. The molecule has 4 aromatic rings. The zero-order valence-electron chi connectivity index (χ0n) is 17.2. The van der Waals surface area contributed by atoms with Crippen LogP contribution in [0.1, 0.15) is 18.1 Å². The number of para-hydroxylation sites is 1. The first-order valence-electron chi connectivity index (χ1n) is 9.90. The first-order chi connectivity index (χ1) is 15.6. The number of hydrogen-bond acceptors (Lipinski definition) is 8. The van der Waals surface area contributed by atoms with Crippen LogP contribution < -0.4 is 14.9 Å². The maximum atomic E-state index is 10.8. The normalized spacial score (nSPS) is 11.0. The molecule has 32 heavy (non-hydrogen) atoms. The van der Waals surface area contributed by atoms with Gasteiger partial charge in [-0.1, -0.05) is 23.5 Å². The minimum atomic E-state index is -0.427. The SMILES string of the molecule is CCOc1cc(/C=N\Nc2nc3ccccc3s2)ccc1OCc1ccc([N+](=O)[O-])cc1. The van der Waals surface area contributed by atoms with E-state index in [1.54, 1.807) is 18.3 Å². The number of benzene rings is 3. The van der Waals surface area contributed by atoms with Crippen LogP contribution in [0.15, 0.2) is 71.8 Å². The Morgan fingerprint density at radius 1 is 1.09 bits per heavy atom. The van der Waals surface area contributed by atoms with Gasteiger partial charge >= 0.3 is 0 Å². The molecule has 9 heteroatoms. The summed E-state index contributed by atoms with van der Waals surface area (Å²) in [6, 6.07) is 19.7. The van der Waals surface area contributed by atoms with Gasteiger partial charge in [0.05, 0.1) is 28.0 Å². The second-order valence-corrected chi connectivity index (χ2v) is 7.74. The van der Waals surface area contributed by atoms with Crippen molar-refractivity contribution in [2.24, 2.45) is 5.10 Å². The van der Waals surface area contributed by atoms with E-state index in [2.05, 4.69) is 15.5 Å². The quantitative estimate of drug-likeness (QED) is 0.202. The van der Waals surface area contributed by atoms with Gasteiger partial charge in [0, 0.05) is 12.1 Å². The molecule has 8 nitrogen and oxygen atoms in total. The van der Waals surface area contributed by atoms with Gasteiger partial charge in [0.1, 0.15) is 6.61 Å². The van der Waals surface area contributed by atoms with Gasteiger partial charge in [-0.05, 0) is 60.5 Å². The van der Waals surface area contributed by atoms with Gasteiger partial charge in [-0.3, -0.25) is 15.5 Å². The molecule has 0 saturated heterocycles. The molecule has 1 N–H and O–H groups in total. The molecular weight excluding hydrogens is 428 g/mol. The van der Waals surface area contributed by atoms with Gasteiger partial charge in [0.2, 0.25) is 5.13 Å². The Kier molecular flexibility index (Phi) is 6.57. The molecule has 0 saturated carbocycles. The van der Waals surface area contributed by atoms with Crippen LogP contribution in [0.3, 0.4) is 0 Å². The molecule has 0 radical (unpaired) electrons. The zero-order chi connectivity index (χ0) is 22.3. The summed E-state index contributed by atoms with van der Waals surface area (Å²) in [6.45, 7) is 2.65. The Balaban J connectivity index is 1.42. The number of aromatic nitrogens is 1. The lowest BCUT2D eigenvalue weighted by molar-refractivity contribution is -0.384. The second kappa shape index (κ2) is 9.88.